The van der Waals surface area contributed by atoms with Crippen molar-refractivity contribution < 1.29 is 4.74 Å². The highest BCUT2D eigenvalue weighted by Crippen LogP contribution is 2.21. The molecule has 0 saturated carbocycles. The number of ether oxygens (including phenoxy) is 1. The number of rotatable bonds is 1. The molecule has 1 N–H and O–H groups in total. The van der Waals surface area contributed by atoms with Crippen LogP contribution in [0.1, 0.15) is 18.1 Å². The van der Waals surface area contributed by atoms with E-state index in [0.717, 1.165) is 13.0 Å². The molecular weight excluding hydrogens is 270 g/mol. The van der Waals surface area contributed by atoms with Gasteiger partial charge < -0.3 is 4.74 Å². The second-order valence-electron chi connectivity index (χ2n) is 5.35. The van der Waals surface area contributed by atoms with Crippen molar-refractivity contribution in [1.29, 1.82) is 0 Å². The van der Waals surface area contributed by atoms with Crippen molar-refractivity contribution in [2.24, 2.45) is 0 Å². The maximum atomic E-state index is 5.55. The van der Waals surface area contributed by atoms with E-state index >= 15 is 0 Å². The molecule has 1 aliphatic heterocycles. The summed E-state index contributed by atoms with van der Waals surface area (Å²) in [5.41, 5.74) is 1.29. The molecule has 1 aliphatic rings. The van der Waals surface area contributed by atoms with Gasteiger partial charge in [0.15, 0.2) is 0 Å². The van der Waals surface area contributed by atoms with E-state index in [-0.39, 0.29) is 0 Å². The fourth-order valence-electron chi connectivity index (χ4n) is 2.61. The van der Waals surface area contributed by atoms with Gasteiger partial charge in [-0.3, -0.25) is 5.32 Å². The minimum atomic E-state index is 0.299. The Morgan fingerprint density at radius 2 is 1.27 bits per heavy atom. The van der Waals surface area contributed by atoms with Crippen molar-refractivity contribution in [2.45, 2.75) is 12.5 Å². The number of nitrogens with one attached hydrogen (secondary N) is 1. The first-order valence-corrected chi connectivity index (χ1v) is 7.74. The van der Waals surface area contributed by atoms with Crippen molar-refractivity contribution in [3.05, 3.63) is 84.4 Å². The maximum absolute atomic E-state index is 5.55. The van der Waals surface area contributed by atoms with Crippen molar-refractivity contribution >= 4 is 10.8 Å². The molecule has 2 nitrogen and oxygen atoms in total. The van der Waals surface area contributed by atoms with Crippen LogP contribution in [0.2, 0.25) is 0 Å². The minimum absolute atomic E-state index is 0.299. The zero-order chi connectivity index (χ0) is 15.0. The lowest BCUT2D eigenvalue weighted by Crippen LogP contribution is -2.28. The van der Waals surface area contributed by atoms with Crippen molar-refractivity contribution in [1.82, 2.24) is 5.32 Å². The summed E-state index contributed by atoms with van der Waals surface area (Å²) in [7, 11) is 0. The summed E-state index contributed by atoms with van der Waals surface area (Å²) in [6.07, 6.45) is 1.37. The summed E-state index contributed by atoms with van der Waals surface area (Å²) >= 11 is 0. The molecule has 1 fully saturated rings. The molecule has 3 aromatic carbocycles. The average Bonchev–Trinajstić information content (AvgIpc) is 2.64. The van der Waals surface area contributed by atoms with E-state index in [1.54, 1.807) is 0 Å². The molecule has 1 saturated heterocycles. The molecular formula is C20H21NO. The predicted molar refractivity (Wildman–Crippen MR) is 91.7 cm³/mol. The van der Waals surface area contributed by atoms with Gasteiger partial charge in [0.25, 0.3) is 0 Å². The number of hydrogen-bond acceptors (Lipinski definition) is 2. The summed E-state index contributed by atoms with van der Waals surface area (Å²) in [6, 6.07) is 27.1. The molecule has 0 radical (unpaired) electrons. The first-order valence-electron chi connectivity index (χ1n) is 7.74. The Kier molecular flexibility index (Phi) is 5.19. The quantitative estimate of drug-likeness (QED) is 0.711. The van der Waals surface area contributed by atoms with Crippen LogP contribution in [0, 0.1) is 0 Å². The summed E-state index contributed by atoms with van der Waals surface area (Å²) in [4.78, 5) is 0. The van der Waals surface area contributed by atoms with Gasteiger partial charge in [0.2, 0.25) is 0 Å². The Morgan fingerprint density at radius 3 is 1.77 bits per heavy atom. The Balaban J connectivity index is 0.000000133. The first-order chi connectivity index (χ1) is 10.9. The van der Waals surface area contributed by atoms with Crippen LogP contribution < -0.4 is 5.32 Å². The number of benzene rings is 3. The topological polar surface area (TPSA) is 21.3 Å². The summed E-state index contributed by atoms with van der Waals surface area (Å²) < 4.78 is 5.55. The zero-order valence-corrected chi connectivity index (χ0v) is 12.6. The second kappa shape index (κ2) is 7.74. The highest BCUT2D eigenvalue weighted by molar-refractivity contribution is 5.81. The summed E-state index contributed by atoms with van der Waals surface area (Å²) in [5.74, 6) is 0. The Labute approximate surface area is 131 Å². The second-order valence-corrected chi connectivity index (χ2v) is 5.35. The van der Waals surface area contributed by atoms with Gasteiger partial charge in [0, 0.05) is 6.54 Å². The van der Waals surface area contributed by atoms with Crippen molar-refractivity contribution in [3.8, 4) is 0 Å². The Hall–Kier alpha value is -2.16. The van der Waals surface area contributed by atoms with Crippen LogP contribution in [0.25, 0.3) is 10.8 Å². The molecule has 4 rings (SSSR count). The minimum Gasteiger partial charge on any atom is -0.358 e. The number of fused-ring (bicyclic) bond motifs is 1. The van der Waals surface area contributed by atoms with E-state index < -0.39 is 0 Å². The third-order valence-corrected chi connectivity index (χ3v) is 3.80. The molecule has 1 unspecified atom stereocenters. The van der Waals surface area contributed by atoms with Crippen LogP contribution in [0.4, 0.5) is 0 Å². The summed E-state index contributed by atoms with van der Waals surface area (Å²) in [5, 5.41) is 5.78. The molecule has 0 aliphatic carbocycles. The summed E-state index contributed by atoms with van der Waals surface area (Å²) in [6.45, 7) is 1.74. The molecule has 22 heavy (non-hydrogen) atoms. The standard InChI is InChI=1S/C10H13NO.C10H8/c1-2-4-9(5-3-1)10-6-7-11-8-12-10;1-2-6-10-8-4-3-7-9(10)5-1/h1-5,10-11H,6-8H2;1-8H. The molecule has 0 bridgehead atoms. The lowest BCUT2D eigenvalue weighted by Gasteiger charge is -2.23. The van der Waals surface area contributed by atoms with Crippen LogP contribution in [0.15, 0.2) is 78.9 Å². The van der Waals surface area contributed by atoms with E-state index in [1.165, 1.54) is 16.3 Å². The fraction of sp³-hybridized carbons (Fsp3) is 0.200. The molecule has 1 heterocycles. The first kappa shape index (κ1) is 14.8. The third kappa shape index (κ3) is 3.94. The molecule has 0 spiro atoms. The molecule has 1 atom stereocenters. The fourth-order valence-corrected chi connectivity index (χ4v) is 2.61. The van der Waals surface area contributed by atoms with Crippen LogP contribution in [-0.2, 0) is 4.74 Å². The van der Waals surface area contributed by atoms with Gasteiger partial charge in [-0.25, -0.2) is 0 Å². The zero-order valence-electron chi connectivity index (χ0n) is 12.6. The van der Waals surface area contributed by atoms with Gasteiger partial charge in [-0.2, -0.15) is 0 Å². The molecule has 0 amide bonds. The van der Waals surface area contributed by atoms with Gasteiger partial charge in [0.05, 0.1) is 12.8 Å². The molecule has 3 aromatic rings. The maximum Gasteiger partial charge on any atom is 0.0973 e. The normalized spacial score (nSPS) is 17.5. The largest absolute Gasteiger partial charge is 0.358 e. The van der Waals surface area contributed by atoms with Crippen LogP contribution >= 0.6 is 0 Å². The molecule has 0 aromatic heterocycles. The SMILES string of the molecule is c1ccc(C2CCNCO2)cc1.c1ccc2ccccc2c1. The number of hydrogen-bond donors (Lipinski definition) is 1. The Morgan fingerprint density at radius 1 is 0.727 bits per heavy atom. The van der Waals surface area contributed by atoms with Crippen LogP contribution in [0.5, 0.6) is 0 Å². The van der Waals surface area contributed by atoms with Crippen molar-refractivity contribution in [2.75, 3.05) is 13.3 Å². The van der Waals surface area contributed by atoms with E-state index in [0.29, 0.717) is 12.8 Å². The molecule has 112 valence electrons. The van der Waals surface area contributed by atoms with Gasteiger partial charge in [-0.1, -0.05) is 78.9 Å². The van der Waals surface area contributed by atoms with Crippen molar-refractivity contribution in [3.63, 3.8) is 0 Å². The van der Waals surface area contributed by atoms with Crippen LogP contribution in [0.3, 0.4) is 0 Å². The van der Waals surface area contributed by atoms with E-state index in [9.17, 15) is 0 Å². The highest BCUT2D eigenvalue weighted by atomic mass is 16.5. The predicted octanol–water partition coefficient (Wildman–Crippen LogP) is 4.53. The van der Waals surface area contributed by atoms with Gasteiger partial charge in [0.1, 0.15) is 0 Å². The van der Waals surface area contributed by atoms with Gasteiger partial charge in [-0.05, 0) is 22.8 Å². The highest BCUT2D eigenvalue weighted by Gasteiger charge is 2.14. The van der Waals surface area contributed by atoms with E-state index in [2.05, 4.69) is 78.1 Å². The molecule has 2 heteroatoms. The monoisotopic (exact) mass is 291 g/mol. The third-order valence-electron chi connectivity index (χ3n) is 3.80. The van der Waals surface area contributed by atoms with E-state index in [4.69, 9.17) is 4.74 Å². The van der Waals surface area contributed by atoms with E-state index in [1.807, 2.05) is 6.07 Å². The lowest BCUT2D eigenvalue weighted by molar-refractivity contribution is 0.00609. The lowest BCUT2D eigenvalue weighted by atomic mass is 10.1. The average molecular weight is 291 g/mol. The Bertz CT molecular complexity index is 625. The van der Waals surface area contributed by atoms with Crippen LogP contribution in [-0.4, -0.2) is 13.3 Å². The van der Waals surface area contributed by atoms with Gasteiger partial charge in [-0.15, -0.1) is 0 Å². The van der Waals surface area contributed by atoms with Gasteiger partial charge >= 0.3 is 0 Å². The smallest absolute Gasteiger partial charge is 0.0973 e.